The summed E-state index contributed by atoms with van der Waals surface area (Å²) in [5, 5.41) is 1.76. The van der Waals surface area contributed by atoms with Crippen molar-refractivity contribution in [2.24, 2.45) is 0 Å². The Balaban J connectivity index is 1.44. The van der Waals surface area contributed by atoms with E-state index < -0.39 is 6.04 Å². The molecule has 0 unspecified atom stereocenters. The van der Waals surface area contributed by atoms with Crippen LogP contribution in [-0.4, -0.2) is 39.2 Å². The molecule has 3 aromatic carbocycles. The van der Waals surface area contributed by atoms with Crippen LogP contribution < -0.4 is 0 Å². The van der Waals surface area contributed by atoms with Crippen molar-refractivity contribution in [1.29, 1.82) is 0 Å². The molecule has 1 N–H and O–H groups in total. The summed E-state index contributed by atoms with van der Waals surface area (Å²) in [6.45, 7) is 0.458. The number of rotatable bonds is 3. The zero-order valence-electron chi connectivity index (χ0n) is 17.9. The number of hydrogen-bond acceptors (Lipinski definition) is 2. The maximum atomic E-state index is 13.7. The van der Waals surface area contributed by atoms with E-state index in [0.29, 0.717) is 18.0 Å². The molecule has 1 saturated heterocycles. The quantitative estimate of drug-likeness (QED) is 0.486. The van der Waals surface area contributed by atoms with Gasteiger partial charge in [-0.15, -0.1) is 0 Å². The Morgan fingerprint density at radius 3 is 2.42 bits per heavy atom. The normalized spacial score (nSPS) is 20.2. The minimum atomic E-state index is -0.532. The Morgan fingerprint density at radius 1 is 0.909 bits per heavy atom. The first-order chi connectivity index (χ1) is 16.1. The highest BCUT2D eigenvalue weighted by Gasteiger charge is 2.48. The summed E-state index contributed by atoms with van der Waals surface area (Å²) < 4.78 is 0. The lowest BCUT2D eigenvalue weighted by Crippen LogP contribution is -2.62. The van der Waals surface area contributed by atoms with E-state index in [4.69, 9.17) is 11.6 Å². The number of aromatic nitrogens is 1. The molecule has 1 fully saturated rings. The number of fused-ring (bicyclic) bond motifs is 4. The van der Waals surface area contributed by atoms with Crippen molar-refractivity contribution < 1.29 is 9.59 Å². The molecule has 2 atom stereocenters. The van der Waals surface area contributed by atoms with E-state index in [2.05, 4.69) is 11.1 Å². The molecule has 164 valence electrons. The zero-order valence-corrected chi connectivity index (χ0v) is 18.6. The molecule has 5 nitrogen and oxygen atoms in total. The SMILES string of the molecule is O=C1[C@@H]2Cc3c([nH]c4ccccc34)[C@H](c3ccccc3)N2C(=O)CN1Cc1ccc(Cl)cc1. The van der Waals surface area contributed by atoms with Crippen LogP contribution in [0.25, 0.3) is 10.9 Å². The summed E-state index contributed by atoms with van der Waals surface area (Å²) in [7, 11) is 0. The molecule has 4 aromatic rings. The molecule has 2 amide bonds. The third-order valence-corrected chi connectivity index (χ3v) is 7.00. The molecule has 2 aliphatic heterocycles. The highest BCUT2D eigenvalue weighted by molar-refractivity contribution is 6.30. The average Bonchev–Trinajstić information content (AvgIpc) is 3.21. The maximum absolute atomic E-state index is 13.7. The van der Waals surface area contributed by atoms with Crippen molar-refractivity contribution in [2.45, 2.75) is 25.0 Å². The highest BCUT2D eigenvalue weighted by atomic mass is 35.5. The van der Waals surface area contributed by atoms with Crippen molar-refractivity contribution in [3.8, 4) is 0 Å². The van der Waals surface area contributed by atoms with Gasteiger partial charge < -0.3 is 14.8 Å². The van der Waals surface area contributed by atoms with Crippen LogP contribution in [0.2, 0.25) is 5.02 Å². The number of hydrogen-bond donors (Lipinski definition) is 1. The van der Waals surface area contributed by atoms with Crippen LogP contribution in [0.15, 0.2) is 78.9 Å². The van der Waals surface area contributed by atoms with Crippen LogP contribution in [0.3, 0.4) is 0 Å². The van der Waals surface area contributed by atoms with Crippen LogP contribution in [0.5, 0.6) is 0 Å². The summed E-state index contributed by atoms with van der Waals surface area (Å²) in [6, 6.07) is 24.7. The molecule has 6 heteroatoms. The first kappa shape index (κ1) is 20.1. The summed E-state index contributed by atoms with van der Waals surface area (Å²) in [5.41, 5.74) is 5.11. The van der Waals surface area contributed by atoms with Crippen LogP contribution in [-0.2, 0) is 22.6 Å². The number of nitrogens with one attached hydrogen (secondary N) is 1. The van der Waals surface area contributed by atoms with Gasteiger partial charge in [0.05, 0.1) is 6.04 Å². The van der Waals surface area contributed by atoms with Crippen molar-refractivity contribution in [3.63, 3.8) is 0 Å². The molecule has 0 spiro atoms. The van der Waals surface area contributed by atoms with Gasteiger partial charge in [0.1, 0.15) is 12.6 Å². The Hall–Kier alpha value is -3.57. The van der Waals surface area contributed by atoms with Crippen LogP contribution >= 0.6 is 11.6 Å². The number of para-hydroxylation sites is 1. The van der Waals surface area contributed by atoms with E-state index in [1.54, 1.807) is 9.80 Å². The lowest BCUT2D eigenvalue weighted by molar-refractivity contribution is -0.159. The lowest BCUT2D eigenvalue weighted by atomic mass is 9.86. The van der Waals surface area contributed by atoms with E-state index in [1.807, 2.05) is 72.8 Å². The molecular weight excluding hydrogens is 434 g/mol. The highest BCUT2D eigenvalue weighted by Crippen LogP contribution is 2.42. The van der Waals surface area contributed by atoms with E-state index in [1.165, 1.54) is 0 Å². The van der Waals surface area contributed by atoms with Crippen molar-refractivity contribution in [2.75, 3.05) is 6.54 Å². The smallest absolute Gasteiger partial charge is 0.246 e. The second kappa shape index (κ2) is 7.78. The number of carbonyl (C=O) groups excluding carboxylic acids is 2. The molecule has 33 heavy (non-hydrogen) atoms. The number of halogens is 1. The Bertz CT molecular complexity index is 1360. The molecule has 0 bridgehead atoms. The number of amides is 2. The average molecular weight is 456 g/mol. The molecule has 0 saturated carbocycles. The fourth-order valence-corrected chi connectivity index (χ4v) is 5.38. The number of carbonyl (C=O) groups is 2. The van der Waals surface area contributed by atoms with Gasteiger partial charge in [0.15, 0.2) is 0 Å². The van der Waals surface area contributed by atoms with Gasteiger partial charge in [-0.1, -0.05) is 72.3 Å². The number of piperazine rings is 1. The first-order valence-electron chi connectivity index (χ1n) is 11.1. The van der Waals surface area contributed by atoms with Gasteiger partial charge in [-0.2, -0.15) is 0 Å². The van der Waals surface area contributed by atoms with Crippen LogP contribution in [0.1, 0.15) is 28.4 Å². The molecular formula is C27H22ClN3O2. The largest absolute Gasteiger partial charge is 0.356 e. The van der Waals surface area contributed by atoms with E-state index in [9.17, 15) is 9.59 Å². The maximum Gasteiger partial charge on any atom is 0.246 e. The van der Waals surface area contributed by atoms with Crippen molar-refractivity contribution in [3.05, 3.63) is 106 Å². The molecule has 0 aliphatic carbocycles. The summed E-state index contributed by atoms with van der Waals surface area (Å²) in [5.74, 6) is -0.0480. The van der Waals surface area contributed by atoms with Gasteiger partial charge >= 0.3 is 0 Å². The first-order valence-corrected chi connectivity index (χ1v) is 11.5. The Morgan fingerprint density at radius 2 is 1.64 bits per heavy atom. The topological polar surface area (TPSA) is 56.4 Å². The van der Waals surface area contributed by atoms with E-state index in [0.717, 1.165) is 33.3 Å². The molecule has 1 aromatic heterocycles. The summed E-state index contributed by atoms with van der Waals surface area (Å²) in [6.07, 6.45) is 0.504. The molecule has 0 radical (unpaired) electrons. The van der Waals surface area contributed by atoms with Gasteiger partial charge in [-0.3, -0.25) is 9.59 Å². The minimum absolute atomic E-state index is 0.0126. The molecule has 6 rings (SSSR count). The fraction of sp³-hybridized carbons (Fsp3) is 0.185. The minimum Gasteiger partial charge on any atom is -0.356 e. The summed E-state index contributed by atoms with van der Waals surface area (Å²) >= 11 is 6.01. The van der Waals surface area contributed by atoms with E-state index >= 15 is 0 Å². The van der Waals surface area contributed by atoms with Gasteiger partial charge in [-0.25, -0.2) is 0 Å². The predicted octanol–water partition coefficient (Wildman–Crippen LogP) is 4.71. The van der Waals surface area contributed by atoms with E-state index in [-0.39, 0.29) is 24.4 Å². The second-order valence-corrected chi connectivity index (χ2v) is 9.15. The van der Waals surface area contributed by atoms with Gasteiger partial charge in [-0.05, 0) is 34.9 Å². The third kappa shape index (κ3) is 3.31. The molecule has 2 aliphatic rings. The second-order valence-electron chi connectivity index (χ2n) is 8.72. The predicted molar refractivity (Wildman–Crippen MR) is 128 cm³/mol. The van der Waals surface area contributed by atoms with Gasteiger partial charge in [0, 0.05) is 34.6 Å². The van der Waals surface area contributed by atoms with Gasteiger partial charge in [0.25, 0.3) is 0 Å². The standard InChI is InChI=1S/C27H22ClN3O2/c28-19-12-10-17(11-13-19)15-30-16-24(32)31-23(27(30)33)14-21-20-8-4-5-9-22(20)29-25(21)26(31)18-6-2-1-3-7-18/h1-13,23,26,29H,14-16H2/t23-,26-/m0/s1. The number of aromatic amines is 1. The number of nitrogens with zero attached hydrogens (tertiary/aromatic N) is 2. The number of H-pyrrole nitrogens is 1. The Labute approximate surface area is 196 Å². The monoisotopic (exact) mass is 455 g/mol. The van der Waals surface area contributed by atoms with Crippen LogP contribution in [0, 0.1) is 0 Å². The third-order valence-electron chi connectivity index (χ3n) is 6.74. The van der Waals surface area contributed by atoms with Crippen molar-refractivity contribution >= 4 is 34.3 Å². The number of benzene rings is 3. The summed E-state index contributed by atoms with van der Waals surface area (Å²) in [4.78, 5) is 34.3. The zero-order chi connectivity index (χ0) is 22.5. The lowest BCUT2D eigenvalue weighted by Gasteiger charge is -2.47. The van der Waals surface area contributed by atoms with Crippen LogP contribution in [0.4, 0.5) is 0 Å². The fourth-order valence-electron chi connectivity index (χ4n) is 5.25. The molecule has 3 heterocycles. The van der Waals surface area contributed by atoms with Gasteiger partial charge in [0.2, 0.25) is 11.8 Å². The van der Waals surface area contributed by atoms with Crippen molar-refractivity contribution in [1.82, 2.24) is 14.8 Å². The Kier molecular flexibility index (Phi) is 4.73.